The van der Waals surface area contributed by atoms with E-state index < -0.39 is 5.60 Å². The number of hydrogen-bond donors (Lipinski definition) is 3. The van der Waals surface area contributed by atoms with Gasteiger partial charge in [0.25, 0.3) is 0 Å². The number of benzene rings is 1. The van der Waals surface area contributed by atoms with Gasteiger partial charge >= 0.3 is 6.03 Å². The highest BCUT2D eigenvalue weighted by Crippen LogP contribution is 2.22. The molecule has 2 aromatic heterocycles. The van der Waals surface area contributed by atoms with Crippen molar-refractivity contribution in [2.24, 2.45) is 0 Å². The van der Waals surface area contributed by atoms with Gasteiger partial charge in [-0.05, 0) is 53.6 Å². The van der Waals surface area contributed by atoms with Crippen molar-refractivity contribution in [2.45, 2.75) is 12.5 Å². The van der Waals surface area contributed by atoms with Crippen molar-refractivity contribution in [1.29, 1.82) is 0 Å². The molecule has 3 aromatic rings. The van der Waals surface area contributed by atoms with Gasteiger partial charge in [0.05, 0.1) is 12.2 Å². The van der Waals surface area contributed by atoms with Crippen LogP contribution in [0.5, 0.6) is 0 Å². The molecule has 0 saturated carbocycles. The average Bonchev–Trinajstić information content (AvgIpc) is 3.26. The number of amides is 2. The van der Waals surface area contributed by atoms with Crippen molar-refractivity contribution in [1.82, 2.24) is 15.1 Å². The Bertz CT molecular complexity index is 798. The highest BCUT2D eigenvalue weighted by Gasteiger charge is 2.24. The van der Waals surface area contributed by atoms with E-state index in [0.717, 1.165) is 11.3 Å². The van der Waals surface area contributed by atoms with Gasteiger partial charge in [0.1, 0.15) is 5.60 Å². The van der Waals surface area contributed by atoms with E-state index in [1.807, 2.05) is 47.3 Å². The van der Waals surface area contributed by atoms with Crippen LogP contribution >= 0.6 is 11.3 Å². The number of anilines is 1. The lowest BCUT2D eigenvalue weighted by Gasteiger charge is -2.22. The number of carbonyl (C=O) groups is 1. The number of nitrogens with zero attached hydrogens (tertiary/aromatic N) is 2. The predicted octanol–water partition coefficient (Wildman–Crippen LogP) is 2.96. The summed E-state index contributed by atoms with van der Waals surface area (Å²) >= 11 is 1.51. The summed E-state index contributed by atoms with van der Waals surface area (Å²) in [7, 11) is 0. The third-order valence-corrected chi connectivity index (χ3v) is 4.29. The fraction of sp³-hybridized carbons (Fsp3) is 0.176. The van der Waals surface area contributed by atoms with Gasteiger partial charge in [-0.3, -0.25) is 0 Å². The molecule has 124 valence electrons. The molecule has 6 nitrogen and oxygen atoms in total. The lowest BCUT2D eigenvalue weighted by Crippen LogP contribution is -2.40. The number of nitrogens with one attached hydrogen (secondary N) is 2. The first-order chi connectivity index (χ1) is 11.5. The molecule has 1 aromatic carbocycles. The summed E-state index contributed by atoms with van der Waals surface area (Å²) in [4.78, 5) is 12.1. The van der Waals surface area contributed by atoms with Crippen LogP contribution in [0.4, 0.5) is 10.5 Å². The Kier molecular flexibility index (Phi) is 4.64. The van der Waals surface area contributed by atoms with Crippen molar-refractivity contribution in [2.75, 3.05) is 11.9 Å². The van der Waals surface area contributed by atoms with E-state index in [1.165, 1.54) is 11.3 Å². The van der Waals surface area contributed by atoms with E-state index in [1.54, 1.807) is 23.9 Å². The second kappa shape index (κ2) is 6.86. The average molecular weight is 342 g/mol. The quantitative estimate of drug-likeness (QED) is 0.667. The molecule has 24 heavy (non-hydrogen) atoms. The molecular formula is C17H18N4O2S. The second-order valence-corrected chi connectivity index (χ2v) is 6.37. The summed E-state index contributed by atoms with van der Waals surface area (Å²) < 4.78 is 1.71. The number of aliphatic hydroxyl groups is 1. The minimum Gasteiger partial charge on any atom is -0.384 e. The Morgan fingerprint density at radius 2 is 2.25 bits per heavy atom. The number of carbonyl (C=O) groups excluding carboxylic acids is 1. The van der Waals surface area contributed by atoms with E-state index in [0.29, 0.717) is 5.69 Å². The number of hydrogen-bond acceptors (Lipinski definition) is 4. The minimum absolute atomic E-state index is 0.119. The first-order valence-electron chi connectivity index (χ1n) is 7.44. The Morgan fingerprint density at radius 3 is 2.96 bits per heavy atom. The minimum atomic E-state index is -1.10. The molecule has 3 rings (SSSR count). The normalized spacial score (nSPS) is 13.2. The largest absolute Gasteiger partial charge is 0.384 e. The van der Waals surface area contributed by atoms with Gasteiger partial charge in [0, 0.05) is 18.1 Å². The molecule has 0 bridgehead atoms. The van der Waals surface area contributed by atoms with Crippen LogP contribution in [0.2, 0.25) is 0 Å². The lowest BCUT2D eigenvalue weighted by atomic mass is 9.99. The molecule has 2 amide bonds. The fourth-order valence-corrected chi connectivity index (χ4v) is 3.03. The molecule has 0 aliphatic carbocycles. The molecule has 0 fully saturated rings. The van der Waals surface area contributed by atoms with Crippen LogP contribution in [-0.2, 0) is 5.60 Å². The smallest absolute Gasteiger partial charge is 0.319 e. The summed E-state index contributed by atoms with van der Waals surface area (Å²) in [6.07, 6.45) is 3.52. The second-order valence-electron chi connectivity index (χ2n) is 5.59. The van der Waals surface area contributed by atoms with Crippen LogP contribution < -0.4 is 10.6 Å². The summed E-state index contributed by atoms with van der Waals surface area (Å²) in [5.41, 5.74) is 1.18. The molecule has 1 unspecified atom stereocenters. The molecule has 2 heterocycles. The molecule has 0 aliphatic heterocycles. The summed E-state index contributed by atoms with van der Waals surface area (Å²) in [5.74, 6) is 0. The molecule has 0 radical (unpaired) electrons. The molecule has 1 atom stereocenters. The maximum absolute atomic E-state index is 12.1. The highest BCUT2D eigenvalue weighted by atomic mass is 32.1. The van der Waals surface area contributed by atoms with Gasteiger partial charge in [-0.1, -0.05) is 6.07 Å². The van der Waals surface area contributed by atoms with Gasteiger partial charge in [0.15, 0.2) is 0 Å². The molecule has 3 N–H and O–H groups in total. The highest BCUT2D eigenvalue weighted by molar-refractivity contribution is 7.08. The zero-order valence-electron chi connectivity index (χ0n) is 13.1. The Balaban J connectivity index is 1.60. The third kappa shape index (κ3) is 3.81. The molecule has 0 spiro atoms. The van der Waals surface area contributed by atoms with Crippen LogP contribution in [0.25, 0.3) is 5.69 Å². The van der Waals surface area contributed by atoms with Gasteiger partial charge in [-0.15, -0.1) is 0 Å². The van der Waals surface area contributed by atoms with E-state index in [-0.39, 0.29) is 12.6 Å². The van der Waals surface area contributed by atoms with Crippen molar-refractivity contribution in [3.05, 3.63) is 65.1 Å². The number of urea groups is 1. The van der Waals surface area contributed by atoms with Crippen LogP contribution in [0, 0.1) is 0 Å². The summed E-state index contributed by atoms with van der Waals surface area (Å²) in [6, 6.07) is 10.7. The monoisotopic (exact) mass is 342 g/mol. The summed E-state index contributed by atoms with van der Waals surface area (Å²) in [5, 5.41) is 23.8. The van der Waals surface area contributed by atoms with Crippen LogP contribution in [-0.4, -0.2) is 27.5 Å². The van der Waals surface area contributed by atoms with E-state index >= 15 is 0 Å². The van der Waals surface area contributed by atoms with Gasteiger partial charge in [0.2, 0.25) is 0 Å². The Hall–Kier alpha value is -2.64. The summed E-state index contributed by atoms with van der Waals surface area (Å²) in [6.45, 7) is 1.79. The van der Waals surface area contributed by atoms with Crippen molar-refractivity contribution < 1.29 is 9.90 Å². The number of rotatable bonds is 5. The molecular weight excluding hydrogens is 324 g/mol. The Labute approximate surface area is 143 Å². The number of aromatic nitrogens is 2. The van der Waals surface area contributed by atoms with Crippen molar-refractivity contribution in [3.8, 4) is 5.69 Å². The molecule has 7 heteroatoms. The first-order valence-corrected chi connectivity index (χ1v) is 8.39. The number of thiophene rings is 1. The van der Waals surface area contributed by atoms with Crippen LogP contribution in [0.1, 0.15) is 12.5 Å². The van der Waals surface area contributed by atoms with Gasteiger partial charge in [-0.25, -0.2) is 9.48 Å². The van der Waals surface area contributed by atoms with Gasteiger partial charge < -0.3 is 15.7 Å². The zero-order valence-corrected chi connectivity index (χ0v) is 14.0. The van der Waals surface area contributed by atoms with Gasteiger partial charge in [-0.2, -0.15) is 16.4 Å². The zero-order chi connectivity index (χ0) is 17.0. The maximum Gasteiger partial charge on any atom is 0.319 e. The van der Waals surface area contributed by atoms with E-state index in [2.05, 4.69) is 15.7 Å². The predicted molar refractivity (Wildman–Crippen MR) is 94.5 cm³/mol. The fourth-order valence-electron chi connectivity index (χ4n) is 2.25. The standard InChI is InChI=1S/C17H18N4O2S/c1-17(23,13-6-9-24-11-13)12-18-16(22)20-14-4-2-5-15(10-14)21-8-3-7-19-21/h2-11,23H,12H2,1H3,(H2,18,20,22). The van der Waals surface area contributed by atoms with Crippen LogP contribution in [0.15, 0.2) is 59.6 Å². The molecule has 0 aliphatic rings. The van der Waals surface area contributed by atoms with E-state index in [4.69, 9.17) is 0 Å². The van der Waals surface area contributed by atoms with E-state index in [9.17, 15) is 9.90 Å². The van der Waals surface area contributed by atoms with Crippen LogP contribution in [0.3, 0.4) is 0 Å². The molecule has 0 saturated heterocycles. The first kappa shape index (κ1) is 16.2. The maximum atomic E-state index is 12.1. The Morgan fingerprint density at radius 1 is 1.38 bits per heavy atom. The van der Waals surface area contributed by atoms with Crippen molar-refractivity contribution in [3.63, 3.8) is 0 Å². The third-order valence-electron chi connectivity index (χ3n) is 3.61. The van der Waals surface area contributed by atoms with Crippen molar-refractivity contribution >= 4 is 23.1 Å². The SMILES string of the molecule is CC(O)(CNC(=O)Nc1cccc(-n2cccn2)c1)c1ccsc1. The topological polar surface area (TPSA) is 79.2 Å². The lowest BCUT2D eigenvalue weighted by molar-refractivity contribution is 0.0604.